The third-order valence-electron chi connectivity index (χ3n) is 6.18. The Morgan fingerprint density at radius 2 is 1.38 bits per heavy atom. The first-order valence-electron chi connectivity index (χ1n) is 12.3. The number of amides is 1. The quantitative estimate of drug-likeness (QED) is 0.135. The van der Waals surface area contributed by atoms with Gasteiger partial charge in [-0.15, -0.1) is 10.2 Å². The number of thioether (sulfide) groups is 1. The molecule has 0 spiro atoms. The Morgan fingerprint density at radius 1 is 0.821 bits per heavy atom. The van der Waals surface area contributed by atoms with Crippen LogP contribution in [0.2, 0.25) is 0 Å². The van der Waals surface area contributed by atoms with Gasteiger partial charge in [-0.25, -0.2) is 0 Å². The average molecular weight is 536 g/mol. The lowest BCUT2D eigenvalue weighted by atomic mass is 9.90. The van der Waals surface area contributed by atoms with E-state index >= 15 is 0 Å². The molecular weight excluding hydrogens is 510 g/mol. The van der Waals surface area contributed by atoms with Gasteiger partial charge >= 0.3 is 0 Å². The molecule has 0 radical (unpaired) electrons. The van der Waals surface area contributed by atoms with Crippen LogP contribution in [-0.4, -0.2) is 25.6 Å². The first-order valence-corrected chi connectivity index (χ1v) is 13.3. The Morgan fingerprint density at radius 3 is 1.95 bits per heavy atom. The van der Waals surface area contributed by atoms with Gasteiger partial charge in [-0.1, -0.05) is 103 Å². The molecule has 0 saturated carbocycles. The second kappa shape index (κ2) is 12.2. The van der Waals surface area contributed by atoms with Crippen LogP contribution in [0.3, 0.4) is 0 Å². The molecule has 0 aliphatic rings. The lowest BCUT2D eigenvalue weighted by Crippen LogP contribution is -2.30. The van der Waals surface area contributed by atoms with Crippen molar-refractivity contribution in [2.75, 3.05) is 0 Å². The summed E-state index contributed by atoms with van der Waals surface area (Å²) in [6, 6.07) is 35.5. The van der Waals surface area contributed by atoms with Crippen LogP contribution in [0.1, 0.15) is 28.4 Å². The van der Waals surface area contributed by atoms with Gasteiger partial charge in [0.25, 0.3) is 5.69 Å². The molecule has 0 unspecified atom stereocenters. The lowest BCUT2D eigenvalue weighted by molar-refractivity contribution is -0.384. The highest BCUT2D eigenvalue weighted by Gasteiger charge is 2.24. The van der Waals surface area contributed by atoms with E-state index in [0.717, 1.165) is 16.7 Å². The van der Waals surface area contributed by atoms with E-state index < -0.39 is 10.8 Å². The minimum absolute atomic E-state index is 0.00581. The van der Waals surface area contributed by atoms with E-state index in [1.807, 2.05) is 95.6 Å². The summed E-state index contributed by atoms with van der Waals surface area (Å²) in [4.78, 5) is 24.3. The van der Waals surface area contributed by atoms with Crippen LogP contribution >= 0.6 is 11.8 Å². The smallest absolute Gasteiger partial charge is 0.269 e. The maximum absolute atomic E-state index is 13.6. The lowest BCUT2D eigenvalue weighted by Gasteiger charge is -2.18. The molecule has 39 heavy (non-hydrogen) atoms. The molecule has 194 valence electrons. The average Bonchev–Trinajstić information content (AvgIpc) is 3.39. The molecule has 0 aliphatic heterocycles. The highest BCUT2D eigenvalue weighted by Crippen LogP contribution is 2.28. The van der Waals surface area contributed by atoms with Gasteiger partial charge in [0.15, 0.2) is 11.0 Å². The van der Waals surface area contributed by atoms with Crippen LogP contribution in [0, 0.1) is 10.1 Å². The number of rotatable bonds is 10. The second-order valence-corrected chi connectivity index (χ2v) is 9.70. The molecule has 1 aromatic heterocycles. The van der Waals surface area contributed by atoms with Crippen LogP contribution < -0.4 is 5.32 Å². The summed E-state index contributed by atoms with van der Waals surface area (Å²) in [5.74, 6) is 0.537. The highest BCUT2D eigenvalue weighted by atomic mass is 32.2. The fourth-order valence-corrected chi connectivity index (χ4v) is 5.19. The van der Waals surface area contributed by atoms with Gasteiger partial charge in [-0.05, 0) is 28.8 Å². The molecule has 5 rings (SSSR count). The number of nitro groups is 1. The molecule has 0 atom stereocenters. The number of hydrogen-bond acceptors (Lipinski definition) is 6. The Kier molecular flexibility index (Phi) is 8.09. The second-order valence-electron chi connectivity index (χ2n) is 8.75. The molecule has 1 N–H and O–H groups in total. The summed E-state index contributed by atoms with van der Waals surface area (Å²) < 4.78 is 1.83. The van der Waals surface area contributed by atoms with E-state index in [2.05, 4.69) is 15.5 Å². The number of benzene rings is 4. The summed E-state index contributed by atoms with van der Waals surface area (Å²) in [6.45, 7) is 0.130. The van der Waals surface area contributed by atoms with Crippen LogP contribution in [0.25, 0.3) is 5.69 Å². The van der Waals surface area contributed by atoms with E-state index in [4.69, 9.17) is 0 Å². The summed E-state index contributed by atoms with van der Waals surface area (Å²) in [5.41, 5.74) is 3.57. The number of non-ortho nitro benzene ring substituents is 1. The standard InChI is InChI=1S/C30H25N5O3S/c36-29(28(23-12-6-2-7-13-23)24-14-8-3-9-15-24)31-20-27-32-33-30(39-21-22-10-4-1-5-11-22)34(27)25-16-18-26(19-17-25)35(37)38/h1-19,28H,20-21H2,(H,31,36). The van der Waals surface area contributed by atoms with Crippen molar-refractivity contribution in [1.29, 1.82) is 0 Å². The largest absolute Gasteiger partial charge is 0.348 e. The van der Waals surface area contributed by atoms with Crippen molar-refractivity contribution in [2.24, 2.45) is 0 Å². The van der Waals surface area contributed by atoms with E-state index in [1.54, 1.807) is 12.1 Å². The monoisotopic (exact) mass is 535 g/mol. The number of nitro benzene ring substituents is 1. The topological polar surface area (TPSA) is 103 Å². The fourth-order valence-electron chi connectivity index (χ4n) is 4.27. The van der Waals surface area contributed by atoms with Crippen molar-refractivity contribution in [3.8, 4) is 5.69 Å². The van der Waals surface area contributed by atoms with Crippen LogP contribution in [0.5, 0.6) is 0 Å². The van der Waals surface area contributed by atoms with Crippen molar-refractivity contribution in [2.45, 2.75) is 23.4 Å². The van der Waals surface area contributed by atoms with Crippen molar-refractivity contribution >= 4 is 23.4 Å². The number of nitrogens with one attached hydrogen (secondary N) is 1. The molecule has 4 aromatic carbocycles. The first kappa shape index (κ1) is 25.9. The Hall–Kier alpha value is -4.76. The number of carbonyl (C=O) groups is 1. The Bertz CT molecular complexity index is 1500. The molecule has 5 aromatic rings. The van der Waals surface area contributed by atoms with E-state index in [9.17, 15) is 14.9 Å². The van der Waals surface area contributed by atoms with Gasteiger partial charge < -0.3 is 5.32 Å². The molecule has 0 bridgehead atoms. The Labute approximate surface area is 229 Å². The van der Waals surface area contributed by atoms with Gasteiger partial charge in [-0.2, -0.15) is 0 Å². The molecule has 0 fully saturated rings. The molecule has 0 saturated heterocycles. The summed E-state index contributed by atoms with van der Waals surface area (Å²) in [7, 11) is 0. The number of hydrogen-bond donors (Lipinski definition) is 1. The van der Waals surface area contributed by atoms with Gasteiger partial charge in [0, 0.05) is 23.6 Å². The summed E-state index contributed by atoms with van der Waals surface area (Å²) >= 11 is 1.50. The van der Waals surface area contributed by atoms with Crippen molar-refractivity contribution in [3.63, 3.8) is 0 Å². The molecule has 9 heteroatoms. The molecular formula is C30H25N5O3S. The number of carbonyl (C=O) groups excluding carboxylic acids is 1. The van der Waals surface area contributed by atoms with E-state index in [0.29, 0.717) is 22.4 Å². The minimum Gasteiger partial charge on any atom is -0.348 e. The molecule has 8 nitrogen and oxygen atoms in total. The van der Waals surface area contributed by atoms with Crippen LogP contribution in [-0.2, 0) is 17.1 Å². The zero-order valence-corrected chi connectivity index (χ0v) is 21.7. The molecule has 0 aliphatic carbocycles. The summed E-state index contributed by atoms with van der Waals surface area (Å²) in [6.07, 6.45) is 0. The van der Waals surface area contributed by atoms with Gasteiger partial charge in [0.05, 0.1) is 17.4 Å². The predicted octanol–water partition coefficient (Wildman–Crippen LogP) is 5.92. The third kappa shape index (κ3) is 6.22. The normalized spacial score (nSPS) is 10.9. The van der Waals surface area contributed by atoms with Crippen molar-refractivity contribution < 1.29 is 9.72 Å². The predicted molar refractivity (Wildman–Crippen MR) is 151 cm³/mol. The van der Waals surface area contributed by atoms with Crippen molar-refractivity contribution in [1.82, 2.24) is 20.1 Å². The first-order chi connectivity index (χ1) is 19.1. The zero-order valence-electron chi connectivity index (χ0n) is 20.9. The Balaban J connectivity index is 1.42. The SMILES string of the molecule is O=C(NCc1nnc(SCc2ccccc2)n1-c1ccc([N+](=O)[O-])cc1)C(c1ccccc1)c1ccccc1. The minimum atomic E-state index is -0.491. The molecule has 1 amide bonds. The van der Waals surface area contributed by atoms with Gasteiger partial charge in [0.1, 0.15) is 0 Å². The fraction of sp³-hybridized carbons (Fsp3) is 0.100. The maximum atomic E-state index is 13.6. The third-order valence-corrected chi connectivity index (χ3v) is 7.18. The zero-order chi connectivity index (χ0) is 27.0. The maximum Gasteiger partial charge on any atom is 0.269 e. The summed E-state index contributed by atoms with van der Waals surface area (Å²) in [5, 5.41) is 23.6. The number of nitrogens with zero attached hydrogens (tertiary/aromatic N) is 4. The van der Waals surface area contributed by atoms with Crippen molar-refractivity contribution in [3.05, 3.63) is 148 Å². The van der Waals surface area contributed by atoms with Crippen LogP contribution in [0.15, 0.2) is 120 Å². The van der Waals surface area contributed by atoms with Gasteiger partial charge in [-0.3, -0.25) is 19.5 Å². The van der Waals surface area contributed by atoms with Crippen LogP contribution in [0.4, 0.5) is 5.69 Å². The van der Waals surface area contributed by atoms with E-state index in [-0.39, 0.29) is 18.1 Å². The van der Waals surface area contributed by atoms with E-state index in [1.165, 1.54) is 23.9 Å². The highest BCUT2D eigenvalue weighted by molar-refractivity contribution is 7.98. The number of aromatic nitrogens is 3. The van der Waals surface area contributed by atoms with Gasteiger partial charge in [0.2, 0.25) is 5.91 Å². The molecule has 1 heterocycles.